The Kier molecular flexibility index (Phi) is 4.84. The molecule has 0 aromatic heterocycles. The van der Waals surface area contributed by atoms with Gasteiger partial charge < -0.3 is 20.7 Å². The predicted molar refractivity (Wildman–Crippen MR) is 74.4 cm³/mol. The molecule has 0 bridgehead atoms. The number of carbonyl (C=O) groups is 1. The lowest BCUT2D eigenvalue weighted by atomic mass is 10.1. The average molecular weight is 279 g/mol. The Bertz CT molecular complexity index is 469. The third-order valence-corrected chi connectivity index (χ3v) is 3.73. The zero-order chi connectivity index (χ0) is 14.5. The van der Waals surface area contributed by atoms with Crippen LogP contribution >= 0.6 is 0 Å². The fourth-order valence-electron chi connectivity index (χ4n) is 2.52. The van der Waals surface area contributed by atoms with E-state index in [4.69, 9.17) is 10.5 Å². The highest BCUT2D eigenvalue weighted by Gasteiger charge is 2.20. The minimum atomic E-state index is -0.750. The molecule has 0 saturated heterocycles. The summed E-state index contributed by atoms with van der Waals surface area (Å²) in [6.07, 6.45) is 4.93. The van der Waals surface area contributed by atoms with E-state index < -0.39 is 12.0 Å². The van der Waals surface area contributed by atoms with Crippen molar-refractivity contribution in [2.24, 2.45) is 11.7 Å². The van der Waals surface area contributed by atoms with Crippen LogP contribution in [0.25, 0.3) is 0 Å². The molecule has 1 fully saturated rings. The summed E-state index contributed by atoms with van der Waals surface area (Å²) < 4.78 is 5.24. The monoisotopic (exact) mass is 279 g/mol. The molecular formula is C15H21NO4. The largest absolute Gasteiger partial charge is 0.504 e. The molecule has 0 spiro atoms. The zero-order valence-corrected chi connectivity index (χ0v) is 11.4. The molecule has 0 heterocycles. The van der Waals surface area contributed by atoms with Gasteiger partial charge in [0, 0.05) is 0 Å². The first-order valence-corrected chi connectivity index (χ1v) is 6.99. The van der Waals surface area contributed by atoms with Gasteiger partial charge in [-0.2, -0.15) is 0 Å². The first-order chi connectivity index (χ1) is 9.56. The second-order valence-electron chi connectivity index (χ2n) is 5.41. The Hall–Kier alpha value is -1.75. The van der Waals surface area contributed by atoms with Crippen LogP contribution < -0.4 is 5.73 Å². The Morgan fingerprint density at radius 1 is 1.30 bits per heavy atom. The summed E-state index contributed by atoms with van der Waals surface area (Å²) >= 11 is 0. The lowest BCUT2D eigenvalue weighted by Crippen LogP contribution is -2.35. The smallest absolute Gasteiger partial charge is 0.323 e. The molecule has 1 saturated carbocycles. The minimum absolute atomic E-state index is 0.189. The van der Waals surface area contributed by atoms with E-state index in [1.165, 1.54) is 25.0 Å². The van der Waals surface area contributed by atoms with Crippen molar-refractivity contribution in [2.75, 3.05) is 6.61 Å². The van der Waals surface area contributed by atoms with Gasteiger partial charge in [-0.1, -0.05) is 18.9 Å². The molecule has 20 heavy (non-hydrogen) atoms. The molecule has 0 unspecified atom stereocenters. The van der Waals surface area contributed by atoms with E-state index >= 15 is 0 Å². The number of esters is 1. The molecule has 0 aliphatic heterocycles. The number of hydrogen-bond acceptors (Lipinski definition) is 5. The standard InChI is InChI=1S/C15H21NO4/c16-12(7-11-5-6-13(17)14(18)8-11)15(19)20-9-10-3-1-2-4-10/h5-6,8,10,12,17-18H,1-4,7,9,16H2/t12-/m0/s1. The number of nitrogens with two attached hydrogens (primary N) is 1. The van der Waals surface area contributed by atoms with Gasteiger partial charge in [-0.25, -0.2) is 0 Å². The zero-order valence-electron chi connectivity index (χ0n) is 11.4. The van der Waals surface area contributed by atoms with Gasteiger partial charge in [0.05, 0.1) is 6.61 Å². The topological polar surface area (TPSA) is 92.8 Å². The second-order valence-corrected chi connectivity index (χ2v) is 5.41. The first-order valence-electron chi connectivity index (χ1n) is 6.99. The SMILES string of the molecule is N[C@@H](Cc1ccc(O)c(O)c1)C(=O)OCC1CCCC1. The molecule has 0 radical (unpaired) electrons. The predicted octanol–water partition coefficient (Wildman–Crippen LogP) is 1.70. The highest BCUT2D eigenvalue weighted by atomic mass is 16.5. The van der Waals surface area contributed by atoms with Crippen molar-refractivity contribution in [3.8, 4) is 11.5 Å². The van der Waals surface area contributed by atoms with Crippen LogP contribution in [0.4, 0.5) is 0 Å². The molecule has 5 heteroatoms. The Labute approximate surface area is 118 Å². The van der Waals surface area contributed by atoms with Crippen LogP contribution in [0.3, 0.4) is 0 Å². The maximum atomic E-state index is 11.8. The van der Waals surface area contributed by atoms with E-state index in [0.717, 1.165) is 12.8 Å². The van der Waals surface area contributed by atoms with Crippen LogP contribution in [0, 0.1) is 5.92 Å². The molecule has 2 rings (SSSR count). The molecule has 1 atom stereocenters. The summed E-state index contributed by atoms with van der Waals surface area (Å²) in [6.45, 7) is 0.452. The summed E-state index contributed by atoms with van der Waals surface area (Å²) in [7, 11) is 0. The Morgan fingerprint density at radius 3 is 2.65 bits per heavy atom. The third-order valence-electron chi connectivity index (χ3n) is 3.73. The molecule has 1 aromatic rings. The summed E-state index contributed by atoms with van der Waals surface area (Å²) in [5.74, 6) is -0.339. The van der Waals surface area contributed by atoms with Gasteiger partial charge in [0.2, 0.25) is 0 Å². The Morgan fingerprint density at radius 2 is 2.00 bits per heavy atom. The normalized spacial score (nSPS) is 17.1. The highest BCUT2D eigenvalue weighted by Crippen LogP contribution is 2.26. The van der Waals surface area contributed by atoms with Gasteiger partial charge in [-0.3, -0.25) is 4.79 Å². The molecule has 5 nitrogen and oxygen atoms in total. The minimum Gasteiger partial charge on any atom is -0.504 e. The second kappa shape index (κ2) is 6.61. The van der Waals surface area contributed by atoms with Gasteiger partial charge in [0.25, 0.3) is 0 Å². The summed E-state index contributed by atoms with van der Waals surface area (Å²) in [5, 5.41) is 18.6. The number of hydrogen-bond donors (Lipinski definition) is 3. The molecular weight excluding hydrogens is 258 g/mol. The molecule has 1 aliphatic carbocycles. The van der Waals surface area contributed by atoms with E-state index in [1.54, 1.807) is 6.07 Å². The summed E-state index contributed by atoms with van der Waals surface area (Å²) in [5.41, 5.74) is 6.49. The van der Waals surface area contributed by atoms with Crippen LogP contribution in [-0.4, -0.2) is 28.8 Å². The Balaban J connectivity index is 1.81. The van der Waals surface area contributed by atoms with Crippen LogP contribution in [0.5, 0.6) is 11.5 Å². The van der Waals surface area contributed by atoms with Gasteiger partial charge in [-0.05, 0) is 42.9 Å². The number of phenolic OH excluding ortho intramolecular Hbond substituents is 2. The fourth-order valence-corrected chi connectivity index (χ4v) is 2.52. The van der Waals surface area contributed by atoms with Crippen LogP contribution in [-0.2, 0) is 16.0 Å². The number of ether oxygens (including phenoxy) is 1. The molecule has 4 N–H and O–H groups in total. The number of aromatic hydroxyl groups is 2. The molecule has 0 amide bonds. The third kappa shape index (κ3) is 3.87. The highest BCUT2D eigenvalue weighted by molar-refractivity contribution is 5.76. The van der Waals surface area contributed by atoms with Gasteiger partial charge in [-0.15, -0.1) is 0 Å². The van der Waals surface area contributed by atoms with Crippen molar-refractivity contribution in [3.63, 3.8) is 0 Å². The first kappa shape index (κ1) is 14.7. The maximum Gasteiger partial charge on any atom is 0.323 e. The van der Waals surface area contributed by atoms with Gasteiger partial charge >= 0.3 is 5.97 Å². The lowest BCUT2D eigenvalue weighted by Gasteiger charge is -2.14. The van der Waals surface area contributed by atoms with E-state index in [2.05, 4.69) is 0 Å². The van der Waals surface area contributed by atoms with Crippen molar-refractivity contribution >= 4 is 5.97 Å². The quantitative estimate of drug-likeness (QED) is 0.563. The number of rotatable bonds is 5. The van der Waals surface area contributed by atoms with E-state index in [0.29, 0.717) is 18.1 Å². The molecule has 110 valence electrons. The number of carbonyl (C=O) groups excluding carboxylic acids is 1. The summed E-state index contributed by atoms with van der Waals surface area (Å²) in [6, 6.07) is 3.65. The van der Waals surface area contributed by atoms with Crippen LogP contribution in [0.2, 0.25) is 0 Å². The van der Waals surface area contributed by atoms with Crippen molar-refractivity contribution in [3.05, 3.63) is 23.8 Å². The maximum absolute atomic E-state index is 11.8. The number of benzene rings is 1. The average Bonchev–Trinajstić information content (AvgIpc) is 2.93. The van der Waals surface area contributed by atoms with Crippen LogP contribution in [0.1, 0.15) is 31.2 Å². The van der Waals surface area contributed by atoms with Crippen molar-refractivity contribution in [1.29, 1.82) is 0 Å². The van der Waals surface area contributed by atoms with Gasteiger partial charge in [0.1, 0.15) is 6.04 Å². The summed E-state index contributed by atoms with van der Waals surface area (Å²) in [4.78, 5) is 11.8. The fraction of sp³-hybridized carbons (Fsp3) is 0.533. The van der Waals surface area contributed by atoms with Crippen molar-refractivity contribution in [1.82, 2.24) is 0 Å². The van der Waals surface area contributed by atoms with Crippen molar-refractivity contribution < 1.29 is 19.7 Å². The lowest BCUT2D eigenvalue weighted by molar-refractivity contribution is -0.146. The van der Waals surface area contributed by atoms with E-state index in [-0.39, 0.29) is 17.9 Å². The van der Waals surface area contributed by atoms with E-state index in [1.807, 2.05) is 0 Å². The van der Waals surface area contributed by atoms with Gasteiger partial charge in [0.15, 0.2) is 11.5 Å². The van der Waals surface area contributed by atoms with Crippen molar-refractivity contribution in [2.45, 2.75) is 38.1 Å². The molecule has 1 aromatic carbocycles. The number of phenols is 2. The molecule has 1 aliphatic rings. The van der Waals surface area contributed by atoms with E-state index in [9.17, 15) is 15.0 Å². The van der Waals surface area contributed by atoms with Crippen LogP contribution in [0.15, 0.2) is 18.2 Å².